The lowest BCUT2D eigenvalue weighted by atomic mass is 9.87. The third kappa shape index (κ3) is 4.74. The molecule has 8 heteroatoms. The first kappa shape index (κ1) is 21.4. The van der Waals surface area contributed by atoms with E-state index in [0.717, 1.165) is 16.5 Å². The summed E-state index contributed by atoms with van der Waals surface area (Å²) in [6.07, 6.45) is 3.44. The van der Waals surface area contributed by atoms with Crippen molar-refractivity contribution < 1.29 is 27.5 Å². The van der Waals surface area contributed by atoms with Gasteiger partial charge in [-0.1, -0.05) is 18.2 Å². The maximum Gasteiger partial charge on any atom is 0.387 e. The lowest BCUT2D eigenvalue weighted by molar-refractivity contribution is -0.121. The number of carbonyl (C=O) groups excluding carboxylic acids is 1. The molecule has 32 heavy (non-hydrogen) atoms. The Morgan fingerprint density at radius 3 is 2.75 bits per heavy atom. The maximum absolute atomic E-state index is 12.8. The first-order valence-corrected chi connectivity index (χ1v) is 10.0. The summed E-state index contributed by atoms with van der Waals surface area (Å²) in [5, 5.41) is 3.68. The van der Waals surface area contributed by atoms with Crippen molar-refractivity contribution in [3.8, 4) is 11.5 Å². The number of alkyl halides is 2. The summed E-state index contributed by atoms with van der Waals surface area (Å²) in [4.78, 5) is 16.0. The molecule has 4 rings (SSSR count). The minimum absolute atomic E-state index is 0.0327. The van der Waals surface area contributed by atoms with Gasteiger partial charge in [0.1, 0.15) is 17.3 Å². The number of amides is 1. The van der Waals surface area contributed by atoms with E-state index in [1.807, 2.05) is 24.4 Å². The van der Waals surface area contributed by atoms with Crippen LogP contribution in [0.4, 0.5) is 8.78 Å². The second-order valence-corrected chi connectivity index (χ2v) is 7.19. The number of H-pyrrole nitrogens is 1. The van der Waals surface area contributed by atoms with Crippen molar-refractivity contribution in [2.75, 3.05) is 7.11 Å². The van der Waals surface area contributed by atoms with Gasteiger partial charge < -0.3 is 24.2 Å². The lowest BCUT2D eigenvalue weighted by Gasteiger charge is -2.19. The molecule has 166 valence electrons. The number of aromatic amines is 1. The number of rotatable bonds is 9. The van der Waals surface area contributed by atoms with Gasteiger partial charge in [0.2, 0.25) is 5.91 Å². The molecule has 0 aliphatic carbocycles. The van der Waals surface area contributed by atoms with Gasteiger partial charge in [0.25, 0.3) is 0 Å². The quantitative estimate of drug-likeness (QED) is 0.375. The van der Waals surface area contributed by atoms with Crippen LogP contribution in [0.15, 0.2) is 71.5 Å². The van der Waals surface area contributed by atoms with Crippen LogP contribution in [-0.2, 0) is 11.3 Å². The Kier molecular flexibility index (Phi) is 6.39. The van der Waals surface area contributed by atoms with E-state index in [4.69, 9.17) is 9.15 Å². The number of aromatic nitrogens is 1. The van der Waals surface area contributed by atoms with Crippen molar-refractivity contribution in [3.63, 3.8) is 0 Å². The highest BCUT2D eigenvalue weighted by Crippen LogP contribution is 2.38. The normalized spacial score (nSPS) is 12.1. The number of halogens is 2. The van der Waals surface area contributed by atoms with Gasteiger partial charge in [0.05, 0.1) is 19.9 Å². The molecule has 1 unspecified atom stereocenters. The average Bonchev–Trinajstić information content (AvgIpc) is 3.45. The molecule has 1 amide bonds. The van der Waals surface area contributed by atoms with Crippen molar-refractivity contribution in [1.29, 1.82) is 0 Å². The molecule has 0 spiro atoms. The molecule has 1 atom stereocenters. The molecule has 4 aromatic rings. The molecule has 0 radical (unpaired) electrons. The first-order chi connectivity index (χ1) is 15.5. The van der Waals surface area contributed by atoms with Crippen molar-refractivity contribution in [2.45, 2.75) is 25.5 Å². The number of fused-ring (bicyclic) bond motifs is 1. The molecule has 0 fully saturated rings. The highest BCUT2D eigenvalue weighted by Gasteiger charge is 2.24. The molecular weight excluding hydrogens is 418 g/mol. The molecule has 0 saturated carbocycles. The molecule has 0 bridgehead atoms. The third-order valence-corrected chi connectivity index (χ3v) is 5.21. The Balaban J connectivity index is 1.69. The van der Waals surface area contributed by atoms with Crippen molar-refractivity contribution in [3.05, 3.63) is 83.9 Å². The van der Waals surface area contributed by atoms with E-state index >= 15 is 0 Å². The number of benzene rings is 2. The number of furan rings is 1. The Hall–Kier alpha value is -3.81. The van der Waals surface area contributed by atoms with E-state index in [1.54, 1.807) is 31.4 Å². The van der Waals surface area contributed by atoms with Gasteiger partial charge in [0.15, 0.2) is 0 Å². The summed E-state index contributed by atoms with van der Waals surface area (Å²) in [6.45, 7) is -2.68. The molecule has 0 aliphatic rings. The molecule has 2 aromatic carbocycles. The summed E-state index contributed by atoms with van der Waals surface area (Å²) in [5.74, 6) is 0.676. The van der Waals surface area contributed by atoms with Crippen LogP contribution in [0.2, 0.25) is 0 Å². The predicted molar refractivity (Wildman–Crippen MR) is 115 cm³/mol. The van der Waals surface area contributed by atoms with E-state index in [0.29, 0.717) is 17.1 Å². The predicted octanol–water partition coefficient (Wildman–Crippen LogP) is 5.21. The second kappa shape index (κ2) is 9.55. The van der Waals surface area contributed by atoms with Gasteiger partial charge in [0, 0.05) is 29.4 Å². The Bertz CT molecular complexity index is 1190. The maximum atomic E-state index is 12.8. The van der Waals surface area contributed by atoms with Gasteiger partial charge in [-0.15, -0.1) is 0 Å². The van der Waals surface area contributed by atoms with Crippen LogP contribution in [0, 0.1) is 0 Å². The highest BCUT2D eigenvalue weighted by molar-refractivity contribution is 5.91. The number of carbonyl (C=O) groups is 1. The molecular formula is C24H22F2N2O4. The van der Waals surface area contributed by atoms with E-state index in [9.17, 15) is 13.6 Å². The number of hydrogen-bond acceptors (Lipinski definition) is 4. The van der Waals surface area contributed by atoms with Gasteiger partial charge in [-0.05, 0) is 47.5 Å². The van der Waals surface area contributed by atoms with Crippen LogP contribution in [0.3, 0.4) is 0 Å². The van der Waals surface area contributed by atoms with E-state index < -0.39 is 12.5 Å². The van der Waals surface area contributed by atoms with Gasteiger partial charge >= 0.3 is 6.61 Å². The molecule has 0 saturated heterocycles. The summed E-state index contributed by atoms with van der Waals surface area (Å²) in [7, 11) is 1.58. The van der Waals surface area contributed by atoms with E-state index in [2.05, 4.69) is 15.0 Å². The van der Waals surface area contributed by atoms with Gasteiger partial charge in [-0.25, -0.2) is 0 Å². The monoisotopic (exact) mass is 440 g/mol. The SMILES string of the molecule is COc1cccc2[nH]cc(C(CC(=O)NCc3ccco3)c3cccc(OC(F)F)c3)c12. The third-order valence-electron chi connectivity index (χ3n) is 5.21. The zero-order valence-electron chi connectivity index (χ0n) is 17.3. The smallest absolute Gasteiger partial charge is 0.387 e. The molecule has 0 aliphatic heterocycles. The van der Waals surface area contributed by atoms with Crippen molar-refractivity contribution >= 4 is 16.8 Å². The average molecular weight is 440 g/mol. The Morgan fingerprint density at radius 2 is 2.00 bits per heavy atom. The fourth-order valence-corrected chi connectivity index (χ4v) is 3.79. The summed E-state index contributed by atoms with van der Waals surface area (Å²) in [5.41, 5.74) is 2.34. The van der Waals surface area contributed by atoms with Crippen LogP contribution in [0.25, 0.3) is 10.9 Å². The van der Waals surface area contributed by atoms with Crippen LogP contribution >= 0.6 is 0 Å². The van der Waals surface area contributed by atoms with Crippen LogP contribution in [0.1, 0.15) is 29.2 Å². The molecule has 2 heterocycles. The van der Waals surface area contributed by atoms with Gasteiger partial charge in [-0.2, -0.15) is 8.78 Å². The fraction of sp³-hybridized carbons (Fsp3) is 0.208. The van der Waals surface area contributed by atoms with E-state index in [1.165, 1.54) is 18.4 Å². The van der Waals surface area contributed by atoms with Gasteiger partial charge in [-0.3, -0.25) is 4.79 Å². The standard InChI is InChI=1S/C24H22F2N2O4/c1-30-21-9-3-8-20-23(21)19(14-27-20)18(12-22(29)28-13-17-7-4-10-31-17)15-5-2-6-16(11-15)32-24(25)26/h2-11,14,18,24,27H,12-13H2,1H3,(H,28,29). The second-order valence-electron chi connectivity index (χ2n) is 7.19. The first-order valence-electron chi connectivity index (χ1n) is 10.0. The fourth-order valence-electron chi connectivity index (χ4n) is 3.79. The van der Waals surface area contributed by atoms with Crippen LogP contribution in [0.5, 0.6) is 11.5 Å². The van der Waals surface area contributed by atoms with Crippen molar-refractivity contribution in [1.82, 2.24) is 10.3 Å². The molecule has 6 nitrogen and oxygen atoms in total. The minimum Gasteiger partial charge on any atom is -0.496 e. The summed E-state index contributed by atoms with van der Waals surface area (Å²) >= 11 is 0. The minimum atomic E-state index is -2.94. The number of ether oxygens (including phenoxy) is 2. The zero-order chi connectivity index (χ0) is 22.5. The Labute approximate surface area is 183 Å². The lowest BCUT2D eigenvalue weighted by Crippen LogP contribution is -2.24. The number of methoxy groups -OCH3 is 1. The molecule has 2 aromatic heterocycles. The topological polar surface area (TPSA) is 76.5 Å². The number of hydrogen-bond donors (Lipinski definition) is 2. The van der Waals surface area contributed by atoms with E-state index in [-0.39, 0.29) is 24.6 Å². The number of nitrogens with one attached hydrogen (secondary N) is 2. The highest BCUT2D eigenvalue weighted by atomic mass is 19.3. The summed E-state index contributed by atoms with van der Waals surface area (Å²) in [6, 6.07) is 15.5. The van der Waals surface area contributed by atoms with Crippen LogP contribution in [-0.4, -0.2) is 24.6 Å². The summed E-state index contributed by atoms with van der Waals surface area (Å²) < 4.78 is 40.9. The van der Waals surface area contributed by atoms with Crippen LogP contribution < -0.4 is 14.8 Å². The molecule has 2 N–H and O–H groups in total. The largest absolute Gasteiger partial charge is 0.496 e. The Morgan fingerprint density at radius 1 is 1.16 bits per heavy atom. The van der Waals surface area contributed by atoms with Crippen molar-refractivity contribution in [2.24, 2.45) is 0 Å². The zero-order valence-corrected chi connectivity index (χ0v) is 17.3.